The van der Waals surface area contributed by atoms with Crippen molar-refractivity contribution in [2.75, 3.05) is 4.90 Å². The zero-order valence-corrected chi connectivity index (χ0v) is 27.1. The third kappa shape index (κ3) is 5.04. The predicted molar refractivity (Wildman–Crippen MR) is 208 cm³/mol. The van der Waals surface area contributed by atoms with Gasteiger partial charge in [0.2, 0.25) is 0 Å². The highest BCUT2D eigenvalue weighted by atomic mass is 32.1. The van der Waals surface area contributed by atoms with E-state index in [0.717, 1.165) is 11.4 Å². The maximum absolute atomic E-state index is 2.44. The molecule has 226 valence electrons. The summed E-state index contributed by atoms with van der Waals surface area (Å²) in [5.41, 5.74) is 10.7. The topological polar surface area (TPSA) is 3.24 Å². The van der Waals surface area contributed by atoms with Gasteiger partial charge in [-0.15, -0.1) is 11.3 Å². The largest absolute Gasteiger partial charge is 0.309 e. The number of hydrogen-bond acceptors (Lipinski definition) is 2. The SMILES string of the molecule is c1ccc(-c2ccc(N(c3ccc(-c4ccccc4)c(-c4ccccc4)c3)c3cccc4c3sc3cc5ccccc5cc34)cc2)cc1. The summed E-state index contributed by atoms with van der Waals surface area (Å²) in [6, 6.07) is 68.1. The van der Waals surface area contributed by atoms with E-state index >= 15 is 0 Å². The molecule has 0 atom stereocenters. The molecule has 1 aromatic heterocycles. The van der Waals surface area contributed by atoms with Gasteiger partial charge in [-0.25, -0.2) is 0 Å². The zero-order chi connectivity index (χ0) is 31.9. The van der Waals surface area contributed by atoms with Crippen LogP contribution in [0.4, 0.5) is 17.1 Å². The fraction of sp³-hybridized carbons (Fsp3) is 0. The average molecular weight is 630 g/mol. The van der Waals surface area contributed by atoms with Crippen molar-refractivity contribution >= 4 is 59.3 Å². The number of rotatable bonds is 6. The van der Waals surface area contributed by atoms with Crippen molar-refractivity contribution in [3.63, 3.8) is 0 Å². The molecule has 0 amide bonds. The molecule has 48 heavy (non-hydrogen) atoms. The van der Waals surface area contributed by atoms with E-state index in [1.807, 2.05) is 11.3 Å². The van der Waals surface area contributed by atoms with Gasteiger partial charge in [-0.05, 0) is 86.6 Å². The van der Waals surface area contributed by atoms with Crippen molar-refractivity contribution < 1.29 is 0 Å². The molecule has 0 aliphatic heterocycles. The van der Waals surface area contributed by atoms with E-state index in [1.165, 1.54) is 70.0 Å². The lowest BCUT2D eigenvalue weighted by Crippen LogP contribution is -2.10. The second-order valence-corrected chi connectivity index (χ2v) is 13.2. The van der Waals surface area contributed by atoms with Crippen molar-refractivity contribution in [2.45, 2.75) is 0 Å². The van der Waals surface area contributed by atoms with Crippen LogP contribution in [0.3, 0.4) is 0 Å². The number of anilines is 3. The van der Waals surface area contributed by atoms with Crippen molar-refractivity contribution in [3.05, 3.63) is 188 Å². The normalized spacial score (nSPS) is 11.3. The molecular formula is C46H31NS. The molecule has 0 saturated carbocycles. The highest BCUT2D eigenvalue weighted by Gasteiger charge is 2.20. The van der Waals surface area contributed by atoms with Crippen LogP contribution in [0.1, 0.15) is 0 Å². The van der Waals surface area contributed by atoms with Crippen LogP contribution in [-0.4, -0.2) is 0 Å². The Labute approximate surface area is 284 Å². The summed E-state index contributed by atoms with van der Waals surface area (Å²) in [6.45, 7) is 0. The van der Waals surface area contributed by atoms with Crippen LogP contribution < -0.4 is 4.90 Å². The zero-order valence-electron chi connectivity index (χ0n) is 26.3. The first kappa shape index (κ1) is 28.3. The van der Waals surface area contributed by atoms with Crippen LogP contribution in [0.25, 0.3) is 64.3 Å². The van der Waals surface area contributed by atoms with Gasteiger partial charge in [-0.2, -0.15) is 0 Å². The van der Waals surface area contributed by atoms with Gasteiger partial charge >= 0.3 is 0 Å². The van der Waals surface area contributed by atoms with Crippen molar-refractivity contribution in [3.8, 4) is 33.4 Å². The second-order valence-electron chi connectivity index (χ2n) is 12.2. The molecule has 0 spiro atoms. The first-order valence-electron chi connectivity index (χ1n) is 16.3. The molecule has 9 aromatic rings. The van der Waals surface area contributed by atoms with Crippen molar-refractivity contribution in [1.82, 2.24) is 0 Å². The highest BCUT2D eigenvalue weighted by Crippen LogP contribution is 2.47. The lowest BCUT2D eigenvalue weighted by Gasteiger charge is -2.27. The molecular weight excluding hydrogens is 599 g/mol. The van der Waals surface area contributed by atoms with Gasteiger partial charge in [0.05, 0.1) is 10.4 Å². The van der Waals surface area contributed by atoms with Gasteiger partial charge in [0.1, 0.15) is 0 Å². The van der Waals surface area contributed by atoms with E-state index < -0.39 is 0 Å². The molecule has 0 unspecified atom stereocenters. The highest BCUT2D eigenvalue weighted by molar-refractivity contribution is 7.26. The molecule has 2 heteroatoms. The van der Waals surface area contributed by atoms with Crippen LogP contribution in [0.5, 0.6) is 0 Å². The quantitative estimate of drug-likeness (QED) is 0.177. The molecule has 0 aliphatic rings. The van der Waals surface area contributed by atoms with Gasteiger partial charge in [0, 0.05) is 26.8 Å². The van der Waals surface area contributed by atoms with Crippen LogP contribution >= 0.6 is 11.3 Å². The summed E-state index contributed by atoms with van der Waals surface area (Å²) >= 11 is 1.88. The van der Waals surface area contributed by atoms with Gasteiger partial charge in [0.15, 0.2) is 0 Å². The smallest absolute Gasteiger partial charge is 0.0640 e. The van der Waals surface area contributed by atoms with Crippen LogP contribution in [-0.2, 0) is 0 Å². The molecule has 1 nitrogen and oxygen atoms in total. The van der Waals surface area contributed by atoms with E-state index in [0.29, 0.717) is 0 Å². The van der Waals surface area contributed by atoms with E-state index in [1.54, 1.807) is 0 Å². The van der Waals surface area contributed by atoms with Gasteiger partial charge in [-0.3, -0.25) is 0 Å². The number of benzene rings is 8. The van der Waals surface area contributed by atoms with E-state index in [-0.39, 0.29) is 0 Å². The fourth-order valence-corrected chi connectivity index (χ4v) is 8.14. The van der Waals surface area contributed by atoms with E-state index in [2.05, 4.69) is 193 Å². The third-order valence-corrected chi connectivity index (χ3v) is 10.4. The third-order valence-electron chi connectivity index (χ3n) is 9.25. The Hall–Kier alpha value is -5.96. The van der Waals surface area contributed by atoms with Gasteiger partial charge in [0.25, 0.3) is 0 Å². The summed E-state index contributed by atoms with van der Waals surface area (Å²) in [5, 5.41) is 5.13. The Morgan fingerprint density at radius 2 is 0.917 bits per heavy atom. The number of fused-ring (bicyclic) bond motifs is 4. The molecule has 0 aliphatic carbocycles. The van der Waals surface area contributed by atoms with E-state index in [4.69, 9.17) is 0 Å². The van der Waals surface area contributed by atoms with Crippen LogP contribution in [0.2, 0.25) is 0 Å². The van der Waals surface area contributed by atoms with Crippen LogP contribution in [0.15, 0.2) is 188 Å². The molecule has 1 heterocycles. The molecule has 0 radical (unpaired) electrons. The molecule has 0 fully saturated rings. The fourth-order valence-electron chi connectivity index (χ4n) is 6.90. The second kappa shape index (κ2) is 12.0. The number of thiophene rings is 1. The minimum Gasteiger partial charge on any atom is -0.309 e. The monoisotopic (exact) mass is 629 g/mol. The minimum absolute atomic E-state index is 1.12. The first-order chi connectivity index (χ1) is 23.8. The first-order valence-corrected chi connectivity index (χ1v) is 17.2. The Kier molecular flexibility index (Phi) is 7.07. The minimum atomic E-state index is 1.12. The standard InChI is InChI=1S/C46H31NS/c1-4-13-32(14-5-1)33-23-25-38(26-24-33)47(39-27-28-40(34-15-6-2-7-16-34)42(31-39)35-17-8-3-9-18-35)44-22-12-21-41-43-29-36-19-10-11-20-37(36)30-45(43)48-46(41)44/h1-31H. The lowest BCUT2D eigenvalue weighted by molar-refractivity contribution is 1.30. The number of hydrogen-bond donors (Lipinski definition) is 0. The molecule has 8 aromatic carbocycles. The van der Waals surface area contributed by atoms with Crippen molar-refractivity contribution in [1.29, 1.82) is 0 Å². The average Bonchev–Trinajstić information content (AvgIpc) is 3.53. The maximum Gasteiger partial charge on any atom is 0.0640 e. The Balaban J connectivity index is 1.28. The van der Waals surface area contributed by atoms with Gasteiger partial charge in [-0.1, -0.05) is 146 Å². The van der Waals surface area contributed by atoms with Crippen molar-refractivity contribution in [2.24, 2.45) is 0 Å². The molecule has 0 bridgehead atoms. The molecule has 9 rings (SSSR count). The lowest BCUT2D eigenvalue weighted by atomic mass is 9.93. The number of nitrogens with zero attached hydrogens (tertiary/aromatic N) is 1. The Morgan fingerprint density at radius 1 is 0.354 bits per heavy atom. The summed E-state index contributed by atoms with van der Waals surface area (Å²) in [4.78, 5) is 2.44. The van der Waals surface area contributed by atoms with Gasteiger partial charge < -0.3 is 4.90 Å². The summed E-state index contributed by atoms with van der Waals surface area (Å²) in [6.07, 6.45) is 0. The molecule has 0 saturated heterocycles. The maximum atomic E-state index is 2.44. The predicted octanol–water partition coefficient (Wildman–Crippen LogP) is 13.7. The van der Waals surface area contributed by atoms with E-state index in [9.17, 15) is 0 Å². The Morgan fingerprint density at radius 3 is 1.60 bits per heavy atom. The summed E-state index contributed by atoms with van der Waals surface area (Å²) < 4.78 is 2.59. The Bertz CT molecular complexity index is 2530. The van der Waals surface area contributed by atoms with Crippen LogP contribution in [0, 0.1) is 0 Å². The molecule has 0 N–H and O–H groups in total. The summed E-state index contributed by atoms with van der Waals surface area (Å²) in [7, 11) is 0. The summed E-state index contributed by atoms with van der Waals surface area (Å²) in [5.74, 6) is 0.